The fourth-order valence-corrected chi connectivity index (χ4v) is 3.29. The van der Waals surface area contributed by atoms with Crippen LogP contribution in [0, 0.1) is 19.8 Å². The van der Waals surface area contributed by atoms with Crippen molar-refractivity contribution in [3.63, 3.8) is 0 Å². The summed E-state index contributed by atoms with van der Waals surface area (Å²) in [5, 5.41) is 0. The van der Waals surface area contributed by atoms with Gasteiger partial charge in [-0.15, -0.1) is 0 Å². The molecule has 0 unspecified atom stereocenters. The fraction of sp³-hybridized carbons (Fsp3) is 0.556. The van der Waals surface area contributed by atoms with Gasteiger partial charge in [-0.05, 0) is 45.7 Å². The average molecular weight is 343 g/mol. The van der Waals surface area contributed by atoms with Gasteiger partial charge in [-0.1, -0.05) is 0 Å². The zero-order valence-electron chi connectivity index (χ0n) is 15.1. The van der Waals surface area contributed by atoms with Crippen LogP contribution < -0.4 is 11.1 Å². The summed E-state index contributed by atoms with van der Waals surface area (Å²) in [5.41, 5.74) is 2.46. The van der Waals surface area contributed by atoms with E-state index in [1.165, 1.54) is 6.20 Å². The van der Waals surface area contributed by atoms with Crippen molar-refractivity contribution < 1.29 is 0 Å². The highest BCUT2D eigenvalue weighted by atomic mass is 16.1. The fourth-order valence-electron chi connectivity index (χ4n) is 3.29. The maximum Gasteiger partial charge on any atom is 0.268 e. The Morgan fingerprint density at radius 2 is 1.88 bits per heavy atom. The number of hydrogen-bond acceptors (Lipinski definition) is 5. The van der Waals surface area contributed by atoms with E-state index >= 15 is 0 Å². The van der Waals surface area contributed by atoms with Crippen LogP contribution in [0.1, 0.15) is 29.8 Å². The molecular formula is C18H25N5O2. The van der Waals surface area contributed by atoms with Crippen molar-refractivity contribution in [3.05, 3.63) is 56.4 Å². The van der Waals surface area contributed by atoms with Crippen molar-refractivity contribution in [1.82, 2.24) is 24.0 Å². The van der Waals surface area contributed by atoms with Gasteiger partial charge in [0.15, 0.2) is 0 Å². The predicted molar refractivity (Wildman–Crippen MR) is 95.5 cm³/mol. The van der Waals surface area contributed by atoms with Crippen molar-refractivity contribution in [3.8, 4) is 0 Å². The molecule has 0 aliphatic carbocycles. The van der Waals surface area contributed by atoms with Crippen molar-refractivity contribution in [2.45, 2.75) is 39.8 Å². The lowest BCUT2D eigenvalue weighted by molar-refractivity contribution is 0.163. The molecule has 1 fully saturated rings. The number of likely N-dealkylation sites (tertiary alicyclic amines) is 1. The first-order valence-electron chi connectivity index (χ1n) is 8.70. The normalized spacial score (nSPS) is 16.3. The Morgan fingerprint density at radius 1 is 1.16 bits per heavy atom. The minimum atomic E-state index is -0.0750. The Labute approximate surface area is 147 Å². The second kappa shape index (κ2) is 7.31. The molecule has 3 heterocycles. The third-order valence-electron chi connectivity index (χ3n) is 5.23. The van der Waals surface area contributed by atoms with E-state index in [9.17, 15) is 9.59 Å². The molecule has 2 aromatic heterocycles. The van der Waals surface area contributed by atoms with Gasteiger partial charge >= 0.3 is 0 Å². The lowest BCUT2D eigenvalue weighted by Gasteiger charge is -2.32. The van der Waals surface area contributed by atoms with Crippen LogP contribution in [0.4, 0.5) is 0 Å². The van der Waals surface area contributed by atoms with Crippen LogP contribution in [0.3, 0.4) is 0 Å². The highest BCUT2D eigenvalue weighted by Crippen LogP contribution is 2.20. The van der Waals surface area contributed by atoms with E-state index in [1.54, 1.807) is 28.7 Å². The maximum absolute atomic E-state index is 12.3. The molecule has 3 rings (SSSR count). The first kappa shape index (κ1) is 17.5. The van der Waals surface area contributed by atoms with Crippen molar-refractivity contribution in [2.24, 2.45) is 13.0 Å². The van der Waals surface area contributed by atoms with E-state index in [4.69, 9.17) is 0 Å². The highest BCUT2D eigenvalue weighted by molar-refractivity contribution is 5.12. The van der Waals surface area contributed by atoms with E-state index in [1.807, 2.05) is 13.8 Å². The van der Waals surface area contributed by atoms with Gasteiger partial charge in [-0.3, -0.25) is 24.0 Å². The molecule has 0 radical (unpaired) electrons. The van der Waals surface area contributed by atoms with Gasteiger partial charge in [0.1, 0.15) is 0 Å². The molecule has 7 nitrogen and oxygen atoms in total. The van der Waals surface area contributed by atoms with Gasteiger partial charge in [-0.2, -0.15) is 0 Å². The molecule has 25 heavy (non-hydrogen) atoms. The summed E-state index contributed by atoms with van der Waals surface area (Å²) >= 11 is 0. The van der Waals surface area contributed by atoms with Gasteiger partial charge in [0.05, 0.1) is 18.2 Å². The molecule has 0 spiro atoms. The van der Waals surface area contributed by atoms with Gasteiger partial charge < -0.3 is 4.57 Å². The SMILES string of the molecule is Cc1ncn(CC2CCN(Cc3cncc(=O)n3C)CC2)c(=O)c1C. The topological polar surface area (TPSA) is 73.0 Å². The minimum absolute atomic E-state index is 0.0697. The average Bonchev–Trinajstić information content (AvgIpc) is 2.61. The van der Waals surface area contributed by atoms with Gasteiger partial charge in [-0.25, -0.2) is 4.98 Å². The van der Waals surface area contributed by atoms with Crippen LogP contribution >= 0.6 is 0 Å². The number of aromatic nitrogens is 4. The molecule has 0 bridgehead atoms. The van der Waals surface area contributed by atoms with Gasteiger partial charge in [0, 0.05) is 37.6 Å². The van der Waals surface area contributed by atoms with Crippen LogP contribution in [-0.2, 0) is 20.1 Å². The van der Waals surface area contributed by atoms with Crippen molar-refractivity contribution in [1.29, 1.82) is 0 Å². The number of aryl methyl sites for hydroxylation is 1. The zero-order chi connectivity index (χ0) is 18.0. The van der Waals surface area contributed by atoms with Gasteiger partial charge in [0.25, 0.3) is 11.1 Å². The Balaban J connectivity index is 1.59. The van der Waals surface area contributed by atoms with E-state index in [-0.39, 0.29) is 11.1 Å². The van der Waals surface area contributed by atoms with Crippen molar-refractivity contribution >= 4 is 0 Å². The standard InChI is InChI=1S/C18H25N5O2/c1-13-14(2)20-12-23(18(13)25)10-15-4-6-22(7-5-15)11-16-8-19-9-17(24)21(16)3/h8-9,12,15H,4-7,10-11H2,1-3H3. The molecule has 2 aromatic rings. The molecule has 0 atom stereocenters. The quantitative estimate of drug-likeness (QED) is 0.823. The van der Waals surface area contributed by atoms with E-state index in [2.05, 4.69) is 14.9 Å². The summed E-state index contributed by atoms with van der Waals surface area (Å²) in [5.74, 6) is 0.482. The van der Waals surface area contributed by atoms with E-state index in [0.29, 0.717) is 5.92 Å². The number of piperidine rings is 1. The Kier molecular flexibility index (Phi) is 5.13. The zero-order valence-corrected chi connectivity index (χ0v) is 15.1. The summed E-state index contributed by atoms with van der Waals surface area (Å²) in [6, 6.07) is 0. The Bertz CT molecular complexity index is 863. The number of nitrogens with zero attached hydrogens (tertiary/aromatic N) is 5. The first-order chi connectivity index (χ1) is 12.0. The van der Waals surface area contributed by atoms with Crippen LogP contribution in [0.15, 0.2) is 28.3 Å². The van der Waals surface area contributed by atoms with Crippen LogP contribution in [0.2, 0.25) is 0 Å². The largest absolute Gasteiger partial charge is 0.312 e. The first-order valence-corrected chi connectivity index (χ1v) is 8.70. The number of hydrogen-bond donors (Lipinski definition) is 0. The second-order valence-corrected chi connectivity index (χ2v) is 6.93. The molecule has 0 aromatic carbocycles. The van der Waals surface area contributed by atoms with E-state index in [0.717, 1.165) is 56.0 Å². The summed E-state index contributed by atoms with van der Waals surface area (Å²) in [4.78, 5) is 34.6. The third kappa shape index (κ3) is 3.87. The van der Waals surface area contributed by atoms with E-state index < -0.39 is 0 Å². The molecule has 0 amide bonds. The lowest BCUT2D eigenvalue weighted by Crippen LogP contribution is -2.37. The minimum Gasteiger partial charge on any atom is -0.312 e. The van der Waals surface area contributed by atoms with Gasteiger partial charge in [0.2, 0.25) is 0 Å². The van der Waals surface area contributed by atoms with Crippen LogP contribution in [0.5, 0.6) is 0 Å². The highest BCUT2D eigenvalue weighted by Gasteiger charge is 2.21. The number of rotatable bonds is 4. The van der Waals surface area contributed by atoms with Crippen LogP contribution in [-0.4, -0.2) is 37.1 Å². The summed E-state index contributed by atoms with van der Waals surface area (Å²) in [6.45, 7) is 7.08. The molecule has 1 saturated heterocycles. The summed E-state index contributed by atoms with van der Waals surface area (Å²) < 4.78 is 3.40. The van der Waals surface area contributed by atoms with Crippen LogP contribution in [0.25, 0.3) is 0 Å². The summed E-state index contributed by atoms with van der Waals surface area (Å²) in [7, 11) is 1.78. The van der Waals surface area contributed by atoms with Crippen molar-refractivity contribution in [2.75, 3.05) is 13.1 Å². The molecule has 7 heteroatoms. The lowest BCUT2D eigenvalue weighted by atomic mass is 9.96. The monoisotopic (exact) mass is 343 g/mol. The maximum atomic E-state index is 12.3. The predicted octanol–water partition coefficient (Wildman–Crippen LogP) is 0.866. The second-order valence-electron chi connectivity index (χ2n) is 6.93. The molecule has 0 N–H and O–H groups in total. The Hall–Kier alpha value is -2.28. The summed E-state index contributed by atoms with van der Waals surface area (Å²) in [6.07, 6.45) is 6.84. The molecular weight excluding hydrogens is 318 g/mol. The smallest absolute Gasteiger partial charge is 0.268 e. The molecule has 0 saturated carbocycles. The molecule has 1 aliphatic heterocycles. The molecule has 134 valence electrons. The molecule has 1 aliphatic rings. The Morgan fingerprint density at radius 3 is 2.60 bits per heavy atom. The third-order valence-corrected chi connectivity index (χ3v) is 5.23.